The highest BCUT2D eigenvalue weighted by Crippen LogP contribution is 2.30. The molecule has 4 heterocycles. The van der Waals surface area contributed by atoms with Crippen LogP contribution in [0.1, 0.15) is 44.9 Å². The quantitative estimate of drug-likeness (QED) is 0.517. The van der Waals surface area contributed by atoms with Gasteiger partial charge in [0.15, 0.2) is 0 Å². The normalized spacial score (nSPS) is 25.4. The van der Waals surface area contributed by atoms with E-state index in [1.165, 1.54) is 12.8 Å². The number of piperidine rings is 1. The molecular weight excluding hydrogens is 458 g/mol. The Morgan fingerprint density at radius 1 is 0.972 bits per heavy atom. The van der Waals surface area contributed by atoms with Crippen molar-refractivity contribution >= 4 is 23.5 Å². The highest BCUT2D eigenvalue weighted by Gasteiger charge is 2.36. The third kappa shape index (κ3) is 6.35. The first-order valence-electron chi connectivity index (χ1n) is 13.7. The van der Waals surface area contributed by atoms with Crippen LogP contribution in [0.15, 0.2) is 24.4 Å². The van der Waals surface area contributed by atoms with Crippen LogP contribution in [0.4, 0.5) is 5.82 Å². The summed E-state index contributed by atoms with van der Waals surface area (Å²) in [6.45, 7) is 5.38. The summed E-state index contributed by atoms with van der Waals surface area (Å²) in [6.07, 6.45) is 8.08. The average molecular weight is 498 g/mol. The molecule has 1 saturated carbocycles. The van der Waals surface area contributed by atoms with Crippen LogP contribution < -0.4 is 4.90 Å². The van der Waals surface area contributed by atoms with Gasteiger partial charge in [-0.3, -0.25) is 14.4 Å². The summed E-state index contributed by atoms with van der Waals surface area (Å²) in [5.74, 6) is 1.61. The van der Waals surface area contributed by atoms with Crippen LogP contribution in [0, 0.1) is 11.8 Å². The minimum atomic E-state index is -0.176. The minimum Gasteiger partial charge on any atom is -0.374 e. The van der Waals surface area contributed by atoms with Gasteiger partial charge in [0, 0.05) is 65.0 Å². The van der Waals surface area contributed by atoms with Crippen molar-refractivity contribution in [2.75, 3.05) is 63.9 Å². The molecule has 9 nitrogen and oxygen atoms in total. The second kappa shape index (κ2) is 11.6. The van der Waals surface area contributed by atoms with Gasteiger partial charge in [0.2, 0.25) is 17.7 Å². The van der Waals surface area contributed by atoms with Crippen molar-refractivity contribution in [1.29, 1.82) is 0 Å². The molecule has 2 atom stereocenters. The molecule has 1 aromatic heterocycles. The third-order valence-electron chi connectivity index (χ3n) is 7.87. The van der Waals surface area contributed by atoms with E-state index in [4.69, 9.17) is 4.74 Å². The van der Waals surface area contributed by atoms with Gasteiger partial charge < -0.3 is 24.3 Å². The number of nitrogens with zero attached hydrogens (tertiary/aromatic N) is 5. The first kappa shape index (κ1) is 25.0. The standard InChI is InChI=1S/C27H39N5O4/c33-25-8-4-12-29(25)14-5-15-31-17-23(36-20-21-9-10-21)18-32(19-26(31)34)27(35)22-6-3-13-30(16-22)24-7-1-2-11-28-24/h1-2,7,11,21-23H,3-6,8-10,12-20H2/t22-,23+/m1/s1. The van der Waals surface area contributed by atoms with Gasteiger partial charge in [-0.05, 0) is 56.6 Å². The second-order valence-electron chi connectivity index (χ2n) is 10.8. The molecule has 1 aromatic rings. The Bertz CT molecular complexity index is 924. The van der Waals surface area contributed by atoms with Gasteiger partial charge in [0.05, 0.1) is 18.6 Å². The summed E-state index contributed by atoms with van der Waals surface area (Å²) in [6, 6.07) is 5.85. The lowest BCUT2D eigenvalue weighted by Gasteiger charge is -2.35. The zero-order chi connectivity index (χ0) is 24.9. The Morgan fingerprint density at radius 3 is 2.58 bits per heavy atom. The van der Waals surface area contributed by atoms with E-state index < -0.39 is 0 Å². The first-order chi connectivity index (χ1) is 17.6. The number of ether oxygens (including phenoxy) is 1. The molecule has 1 aliphatic carbocycles. The highest BCUT2D eigenvalue weighted by molar-refractivity contribution is 5.87. The van der Waals surface area contributed by atoms with E-state index in [9.17, 15) is 14.4 Å². The molecule has 4 aliphatic rings. The maximum Gasteiger partial charge on any atom is 0.242 e. The van der Waals surface area contributed by atoms with Crippen molar-refractivity contribution in [3.8, 4) is 0 Å². The summed E-state index contributed by atoms with van der Waals surface area (Å²) in [7, 11) is 0. The molecule has 0 bridgehead atoms. The van der Waals surface area contributed by atoms with Crippen molar-refractivity contribution in [3.05, 3.63) is 24.4 Å². The van der Waals surface area contributed by atoms with E-state index >= 15 is 0 Å². The Balaban J connectivity index is 1.21. The number of amides is 3. The fraction of sp³-hybridized carbons (Fsp3) is 0.704. The van der Waals surface area contributed by atoms with Crippen LogP contribution in [0.3, 0.4) is 0 Å². The highest BCUT2D eigenvalue weighted by atomic mass is 16.5. The first-order valence-corrected chi connectivity index (χ1v) is 13.7. The zero-order valence-electron chi connectivity index (χ0n) is 21.2. The van der Waals surface area contributed by atoms with Crippen LogP contribution >= 0.6 is 0 Å². The largest absolute Gasteiger partial charge is 0.374 e. The van der Waals surface area contributed by atoms with Gasteiger partial charge in [-0.15, -0.1) is 0 Å². The van der Waals surface area contributed by atoms with Crippen molar-refractivity contribution in [1.82, 2.24) is 19.7 Å². The molecule has 196 valence electrons. The Morgan fingerprint density at radius 2 is 1.83 bits per heavy atom. The van der Waals surface area contributed by atoms with Gasteiger partial charge in [-0.2, -0.15) is 0 Å². The number of pyridine rings is 1. The fourth-order valence-corrected chi connectivity index (χ4v) is 5.60. The summed E-state index contributed by atoms with van der Waals surface area (Å²) >= 11 is 0. The SMILES string of the molecule is O=C1CCCN1CCCN1C[C@H](OCC2CC2)CN(C(=O)[C@@H]2CCCN(c3ccccn3)C2)CC1=O. The molecular formula is C27H39N5O4. The Hall–Kier alpha value is -2.68. The molecule has 0 unspecified atom stereocenters. The second-order valence-corrected chi connectivity index (χ2v) is 10.8. The molecule has 9 heteroatoms. The molecule has 0 spiro atoms. The number of carbonyl (C=O) groups excluding carboxylic acids is 3. The van der Waals surface area contributed by atoms with E-state index in [1.807, 2.05) is 28.0 Å². The van der Waals surface area contributed by atoms with E-state index in [-0.39, 0.29) is 36.3 Å². The number of anilines is 1. The molecule has 0 N–H and O–H groups in total. The van der Waals surface area contributed by atoms with E-state index in [2.05, 4.69) is 9.88 Å². The summed E-state index contributed by atoms with van der Waals surface area (Å²) in [4.78, 5) is 51.0. The molecule has 36 heavy (non-hydrogen) atoms. The predicted molar refractivity (Wildman–Crippen MR) is 135 cm³/mol. The number of aromatic nitrogens is 1. The summed E-state index contributed by atoms with van der Waals surface area (Å²) in [5, 5.41) is 0. The molecule has 0 radical (unpaired) electrons. The van der Waals surface area contributed by atoms with Gasteiger partial charge in [-0.25, -0.2) is 4.98 Å². The number of carbonyl (C=O) groups is 3. The Kier molecular flexibility index (Phi) is 8.04. The lowest BCUT2D eigenvalue weighted by Crippen LogP contribution is -2.48. The topological polar surface area (TPSA) is 86.3 Å². The molecule has 3 saturated heterocycles. The van der Waals surface area contributed by atoms with Crippen LogP contribution in [0.5, 0.6) is 0 Å². The summed E-state index contributed by atoms with van der Waals surface area (Å²) in [5.41, 5.74) is 0. The maximum atomic E-state index is 13.7. The van der Waals surface area contributed by atoms with Gasteiger partial charge >= 0.3 is 0 Å². The summed E-state index contributed by atoms with van der Waals surface area (Å²) < 4.78 is 6.25. The van der Waals surface area contributed by atoms with Crippen LogP contribution in [0.2, 0.25) is 0 Å². The maximum absolute atomic E-state index is 13.7. The molecule has 0 aromatic carbocycles. The van der Waals surface area contributed by atoms with Gasteiger partial charge in [0.25, 0.3) is 0 Å². The van der Waals surface area contributed by atoms with Crippen molar-refractivity contribution in [2.45, 2.75) is 51.0 Å². The van der Waals surface area contributed by atoms with Crippen molar-refractivity contribution in [2.24, 2.45) is 11.8 Å². The zero-order valence-corrected chi connectivity index (χ0v) is 21.2. The smallest absolute Gasteiger partial charge is 0.242 e. The van der Waals surface area contributed by atoms with Crippen molar-refractivity contribution in [3.63, 3.8) is 0 Å². The number of hydrogen-bond acceptors (Lipinski definition) is 6. The lowest BCUT2D eigenvalue weighted by atomic mass is 9.96. The van der Waals surface area contributed by atoms with Crippen molar-refractivity contribution < 1.29 is 19.1 Å². The van der Waals surface area contributed by atoms with E-state index in [0.717, 1.165) is 44.6 Å². The monoisotopic (exact) mass is 497 g/mol. The number of rotatable bonds is 9. The molecule has 5 rings (SSSR count). The van der Waals surface area contributed by atoms with Crippen LogP contribution in [0.25, 0.3) is 0 Å². The van der Waals surface area contributed by atoms with E-state index in [1.54, 1.807) is 11.1 Å². The van der Waals surface area contributed by atoms with Gasteiger partial charge in [0.1, 0.15) is 5.82 Å². The van der Waals surface area contributed by atoms with E-state index in [0.29, 0.717) is 51.7 Å². The lowest BCUT2D eigenvalue weighted by molar-refractivity contribution is -0.141. The fourth-order valence-electron chi connectivity index (χ4n) is 5.60. The predicted octanol–water partition coefficient (Wildman–Crippen LogP) is 1.78. The molecule has 3 aliphatic heterocycles. The third-order valence-corrected chi connectivity index (χ3v) is 7.87. The van der Waals surface area contributed by atoms with Crippen LogP contribution in [-0.2, 0) is 19.1 Å². The number of hydrogen-bond donors (Lipinski definition) is 0. The van der Waals surface area contributed by atoms with Gasteiger partial charge in [-0.1, -0.05) is 6.07 Å². The minimum absolute atomic E-state index is 0.0222. The van der Waals surface area contributed by atoms with Crippen LogP contribution in [-0.4, -0.2) is 102 Å². The average Bonchev–Trinajstić information content (AvgIpc) is 3.67. The molecule has 4 fully saturated rings. The molecule has 3 amide bonds. The number of likely N-dealkylation sites (tertiary alicyclic amines) is 1. The Labute approximate surface area is 213 Å².